The maximum absolute atomic E-state index is 14.7. The molecule has 0 amide bonds. The van der Waals surface area contributed by atoms with E-state index < -0.39 is 26.8 Å². The van der Waals surface area contributed by atoms with Crippen LogP contribution in [0.1, 0.15) is 51.1 Å². The SMILES string of the molecule is CC(C)S(=O)(=O)Nc1ccc(F)c(Oc2ccc3ncn(C4CC5(CCNCC5)C4)c(=O)c3c2)c1C#N. The Hall–Kier alpha value is -3.49. The third-order valence-corrected chi connectivity index (χ3v) is 9.21. The summed E-state index contributed by atoms with van der Waals surface area (Å²) in [5, 5.41) is 12.6. The molecule has 9 nitrogen and oxygen atoms in total. The molecule has 3 aromatic rings. The maximum atomic E-state index is 14.7. The molecule has 2 fully saturated rings. The standard InChI is InChI=1S/C26H28FN5O4S/c1-16(2)37(34,35)31-23-6-4-21(27)24(20(23)14-28)36-18-3-5-22-19(11-18)25(33)32(15-30-22)17-12-26(13-17)7-9-29-10-8-26/h3-6,11,15-17,29,31H,7-10,12-13H2,1-2H3. The summed E-state index contributed by atoms with van der Waals surface area (Å²) >= 11 is 0. The van der Waals surface area contributed by atoms with Crippen LogP contribution in [0, 0.1) is 22.6 Å². The van der Waals surface area contributed by atoms with Crippen LogP contribution in [0.5, 0.6) is 11.5 Å². The number of fused-ring (bicyclic) bond motifs is 1. The van der Waals surface area contributed by atoms with E-state index in [-0.39, 0.29) is 28.6 Å². The lowest BCUT2D eigenvalue weighted by Gasteiger charge is -2.50. The van der Waals surface area contributed by atoms with Crippen LogP contribution in [-0.2, 0) is 10.0 Å². The molecule has 2 heterocycles. The fourth-order valence-corrected chi connectivity index (χ4v) is 5.89. The summed E-state index contributed by atoms with van der Waals surface area (Å²) in [6.45, 7) is 4.97. The zero-order valence-electron chi connectivity index (χ0n) is 20.6. The molecule has 0 unspecified atom stereocenters. The number of halogens is 1. The summed E-state index contributed by atoms with van der Waals surface area (Å²) in [6.07, 6.45) is 5.68. The van der Waals surface area contributed by atoms with Crippen molar-refractivity contribution >= 4 is 26.6 Å². The van der Waals surface area contributed by atoms with E-state index in [9.17, 15) is 22.9 Å². The molecule has 1 saturated carbocycles. The predicted octanol–water partition coefficient (Wildman–Crippen LogP) is 4.05. The van der Waals surface area contributed by atoms with Gasteiger partial charge in [0.15, 0.2) is 11.6 Å². The minimum atomic E-state index is -3.78. The van der Waals surface area contributed by atoms with Crippen molar-refractivity contribution in [1.29, 1.82) is 5.26 Å². The highest BCUT2D eigenvalue weighted by molar-refractivity contribution is 7.93. The van der Waals surface area contributed by atoms with E-state index in [1.54, 1.807) is 17.0 Å². The Morgan fingerprint density at radius 3 is 2.65 bits per heavy atom. The Bertz CT molecular complexity index is 1560. The molecule has 0 atom stereocenters. The summed E-state index contributed by atoms with van der Waals surface area (Å²) in [6, 6.07) is 8.72. The molecule has 194 valence electrons. The van der Waals surface area contributed by atoms with Crippen LogP contribution in [0.2, 0.25) is 0 Å². The highest BCUT2D eigenvalue weighted by Crippen LogP contribution is 2.53. The smallest absolute Gasteiger partial charge is 0.261 e. The number of nitrogens with one attached hydrogen (secondary N) is 2. The number of rotatable bonds is 6. The van der Waals surface area contributed by atoms with Gasteiger partial charge in [-0.3, -0.25) is 14.1 Å². The number of hydrogen-bond donors (Lipinski definition) is 2. The van der Waals surface area contributed by atoms with Crippen molar-refractivity contribution in [2.45, 2.75) is 50.8 Å². The molecule has 5 rings (SSSR count). The predicted molar refractivity (Wildman–Crippen MR) is 138 cm³/mol. The lowest BCUT2D eigenvalue weighted by atomic mass is 9.60. The molecule has 2 aromatic carbocycles. The van der Waals surface area contributed by atoms with Crippen LogP contribution in [0.3, 0.4) is 0 Å². The van der Waals surface area contributed by atoms with Crippen molar-refractivity contribution in [2.24, 2.45) is 5.41 Å². The van der Waals surface area contributed by atoms with Crippen LogP contribution in [0.15, 0.2) is 41.5 Å². The molecule has 37 heavy (non-hydrogen) atoms. The van der Waals surface area contributed by atoms with Gasteiger partial charge in [-0.15, -0.1) is 0 Å². The molecular formula is C26H28FN5O4S. The third-order valence-electron chi connectivity index (χ3n) is 7.46. The van der Waals surface area contributed by atoms with Gasteiger partial charge in [0.05, 0.1) is 28.2 Å². The Morgan fingerprint density at radius 2 is 1.97 bits per heavy atom. The van der Waals surface area contributed by atoms with E-state index in [4.69, 9.17) is 4.74 Å². The summed E-state index contributed by atoms with van der Waals surface area (Å²) in [5.74, 6) is -1.14. The van der Waals surface area contributed by atoms with Gasteiger partial charge in [0.2, 0.25) is 10.0 Å². The molecule has 1 aliphatic heterocycles. The monoisotopic (exact) mass is 525 g/mol. The number of aromatic nitrogens is 2. The average molecular weight is 526 g/mol. The van der Waals surface area contributed by atoms with Gasteiger partial charge in [-0.2, -0.15) is 5.26 Å². The first-order valence-corrected chi connectivity index (χ1v) is 13.8. The number of ether oxygens (including phenoxy) is 1. The zero-order valence-corrected chi connectivity index (χ0v) is 21.4. The Kier molecular flexibility index (Phi) is 6.41. The normalized spacial score (nSPS) is 17.5. The number of nitriles is 1. The van der Waals surface area contributed by atoms with Crippen molar-refractivity contribution in [1.82, 2.24) is 14.9 Å². The summed E-state index contributed by atoms with van der Waals surface area (Å²) < 4.78 is 49.1. The second-order valence-corrected chi connectivity index (χ2v) is 12.4. The molecule has 11 heteroatoms. The van der Waals surface area contributed by atoms with E-state index >= 15 is 0 Å². The second kappa shape index (κ2) is 9.43. The van der Waals surface area contributed by atoms with E-state index in [0.29, 0.717) is 16.3 Å². The molecule has 0 radical (unpaired) electrons. The number of hydrogen-bond acceptors (Lipinski definition) is 7. The van der Waals surface area contributed by atoms with Gasteiger partial charge in [-0.1, -0.05) is 0 Å². The Labute approximate surface area is 214 Å². The van der Waals surface area contributed by atoms with Gasteiger partial charge in [0.1, 0.15) is 17.4 Å². The van der Waals surface area contributed by atoms with Crippen molar-refractivity contribution < 1.29 is 17.5 Å². The van der Waals surface area contributed by atoms with Gasteiger partial charge in [-0.05, 0) is 88.4 Å². The number of anilines is 1. The van der Waals surface area contributed by atoms with Crippen LogP contribution in [0.25, 0.3) is 10.9 Å². The van der Waals surface area contributed by atoms with Gasteiger partial charge >= 0.3 is 0 Å². The minimum Gasteiger partial charge on any atom is -0.453 e. The van der Waals surface area contributed by atoms with E-state index in [1.165, 1.54) is 32.0 Å². The molecule has 2 N–H and O–H groups in total. The van der Waals surface area contributed by atoms with Crippen molar-refractivity contribution in [3.05, 3.63) is 58.4 Å². The summed E-state index contributed by atoms with van der Waals surface area (Å²) in [7, 11) is -3.78. The fraction of sp³-hybridized carbons (Fsp3) is 0.423. The quantitative estimate of drug-likeness (QED) is 0.497. The molecule has 1 aromatic heterocycles. The van der Waals surface area contributed by atoms with E-state index in [2.05, 4.69) is 15.0 Å². The largest absolute Gasteiger partial charge is 0.453 e. The van der Waals surface area contributed by atoms with E-state index in [0.717, 1.165) is 44.8 Å². The molecule has 0 bridgehead atoms. The van der Waals surface area contributed by atoms with Crippen LogP contribution in [0.4, 0.5) is 10.1 Å². The first-order chi connectivity index (χ1) is 17.6. The molecule has 1 saturated heterocycles. The van der Waals surface area contributed by atoms with Crippen molar-refractivity contribution in [2.75, 3.05) is 17.8 Å². The first-order valence-electron chi connectivity index (χ1n) is 12.3. The fourth-order valence-electron chi connectivity index (χ4n) is 5.18. The van der Waals surface area contributed by atoms with Gasteiger partial charge in [0, 0.05) is 6.04 Å². The van der Waals surface area contributed by atoms with Crippen LogP contribution in [-0.4, -0.2) is 36.3 Å². The van der Waals surface area contributed by atoms with Crippen molar-refractivity contribution in [3.8, 4) is 17.6 Å². The highest BCUT2D eigenvalue weighted by Gasteiger charge is 2.45. The van der Waals surface area contributed by atoms with Crippen LogP contribution >= 0.6 is 0 Å². The van der Waals surface area contributed by atoms with E-state index in [1.807, 2.05) is 6.07 Å². The van der Waals surface area contributed by atoms with Gasteiger partial charge in [-0.25, -0.2) is 17.8 Å². The minimum absolute atomic E-state index is 0.0837. The lowest BCUT2D eigenvalue weighted by Crippen LogP contribution is -2.47. The molecule has 1 aliphatic carbocycles. The highest BCUT2D eigenvalue weighted by atomic mass is 32.2. The Balaban J connectivity index is 1.46. The number of sulfonamides is 1. The summed E-state index contributed by atoms with van der Waals surface area (Å²) in [4.78, 5) is 17.8. The third kappa shape index (κ3) is 4.67. The molecule has 2 aliphatic rings. The maximum Gasteiger partial charge on any atom is 0.261 e. The number of benzene rings is 2. The van der Waals surface area contributed by atoms with Crippen LogP contribution < -0.4 is 20.3 Å². The second-order valence-electron chi connectivity index (χ2n) is 10.2. The summed E-state index contributed by atoms with van der Waals surface area (Å²) in [5.41, 5.74) is 0.180. The molecular weight excluding hydrogens is 497 g/mol. The molecule has 1 spiro atoms. The van der Waals surface area contributed by atoms with Gasteiger partial charge in [0.25, 0.3) is 5.56 Å². The lowest BCUT2D eigenvalue weighted by molar-refractivity contribution is 0.0270. The number of nitrogens with zero attached hydrogens (tertiary/aromatic N) is 3. The van der Waals surface area contributed by atoms with Gasteiger partial charge < -0.3 is 10.1 Å². The van der Waals surface area contributed by atoms with Crippen molar-refractivity contribution in [3.63, 3.8) is 0 Å². The topological polar surface area (TPSA) is 126 Å². The Morgan fingerprint density at radius 1 is 1.24 bits per heavy atom. The first kappa shape index (κ1) is 25.2. The number of piperidine rings is 1. The average Bonchev–Trinajstić information content (AvgIpc) is 2.85. The zero-order chi connectivity index (χ0) is 26.4.